The third-order valence-corrected chi connectivity index (χ3v) is 4.78. The standard InChI is InChI=1S/C16H24N4O2/c1-19-7-5-13-6-8-20(14(13)11-19)16(21)18-10-12-3-4-15(22-2)17-9-12/h3-4,9,13-14H,5-8,10-11H2,1-2H3,(H,18,21)/t13-,14-/m0/s1. The second-order valence-corrected chi connectivity index (χ2v) is 6.23. The van der Waals surface area contributed by atoms with Gasteiger partial charge in [0.1, 0.15) is 0 Å². The minimum absolute atomic E-state index is 0.0404. The molecular formula is C16H24N4O2. The van der Waals surface area contributed by atoms with Crippen LogP contribution in [0.15, 0.2) is 18.3 Å². The lowest BCUT2D eigenvalue weighted by molar-refractivity contribution is 0.131. The molecule has 6 heteroatoms. The lowest BCUT2D eigenvalue weighted by Crippen LogP contribution is -2.51. The molecule has 0 saturated carbocycles. The van der Waals surface area contributed by atoms with E-state index in [0.29, 0.717) is 24.4 Å². The summed E-state index contributed by atoms with van der Waals surface area (Å²) in [5, 5.41) is 3.01. The van der Waals surface area contributed by atoms with Crippen molar-refractivity contribution >= 4 is 6.03 Å². The molecule has 2 amide bonds. The molecule has 0 aliphatic carbocycles. The highest BCUT2D eigenvalue weighted by atomic mass is 16.5. The van der Waals surface area contributed by atoms with Gasteiger partial charge in [-0.15, -0.1) is 0 Å². The Kier molecular flexibility index (Phi) is 4.47. The van der Waals surface area contributed by atoms with Gasteiger partial charge < -0.3 is 19.9 Å². The van der Waals surface area contributed by atoms with Gasteiger partial charge in [0.15, 0.2) is 0 Å². The van der Waals surface area contributed by atoms with Crippen molar-refractivity contribution in [2.24, 2.45) is 5.92 Å². The first-order valence-electron chi connectivity index (χ1n) is 7.89. The Labute approximate surface area is 131 Å². The maximum Gasteiger partial charge on any atom is 0.317 e. The van der Waals surface area contributed by atoms with Gasteiger partial charge in [-0.2, -0.15) is 0 Å². The minimum Gasteiger partial charge on any atom is -0.481 e. The number of piperidine rings is 1. The number of ether oxygens (including phenoxy) is 1. The number of likely N-dealkylation sites (tertiary alicyclic amines) is 2. The normalized spacial score (nSPS) is 24.9. The minimum atomic E-state index is 0.0404. The molecule has 0 radical (unpaired) electrons. The zero-order valence-corrected chi connectivity index (χ0v) is 13.3. The van der Waals surface area contributed by atoms with Crippen LogP contribution < -0.4 is 10.1 Å². The smallest absolute Gasteiger partial charge is 0.317 e. The number of pyridine rings is 1. The molecule has 120 valence electrons. The third-order valence-electron chi connectivity index (χ3n) is 4.78. The first-order valence-corrected chi connectivity index (χ1v) is 7.89. The molecule has 0 unspecified atom stereocenters. The summed E-state index contributed by atoms with van der Waals surface area (Å²) in [5.41, 5.74) is 0.977. The summed E-state index contributed by atoms with van der Waals surface area (Å²) in [6.45, 7) is 3.51. The van der Waals surface area contributed by atoms with Crippen molar-refractivity contribution in [2.45, 2.75) is 25.4 Å². The van der Waals surface area contributed by atoms with Crippen molar-refractivity contribution in [2.75, 3.05) is 33.8 Å². The monoisotopic (exact) mass is 304 g/mol. The van der Waals surface area contributed by atoms with Crippen molar-refractivity contribution in [3.63, 3.8) is 0 Å². The highest BCUT2D eigenvalue weighted by molar-refractivity contribution is 5.75. The Morgan fingerprint density at radius 2 is 2.23 bits per heavy atom. The average Bonchev–Trinajstić information content (AvgIpc) is 2.96. The van der Waals surface area contributed by atoms with Crippen molar-refractivity contribution in [1.82, 2.24) is 20.1 Å². The van der Waals surface area contributed by atoms with E-state index in [1.807, 2.05) is 17.0 Å². The van der Waals surface area contributed by atoms with Crippen LogP contribution in [-0.2, 0) is 6.54 Å². The molecule has 0 bridgehead atoms. The molecule has 2 fully saturated rings. The van der Waals surface area contributed by atoms with Crippen molar-refractivity contribution < 1.29 is 9.53 Å². The van der Waals surface area contributed by atoms with Crippen molar-refractivity contribution in [3.8, 4) is 5.88 Å². The number of likely N-dealkylation sites (N-methyl/N-ethyl adjacent to an activating group) is 1. The van der Waals surface area contributed by atoms with Crippen LogP contribution in [0.2, 0.25) is 0 Å². The van der Waals surface area contributed by atoms with Crippen LogP contribution in [0.25, 0.3) is 0 Å². The molecule has 2 aliphatic heterocycles. The largest absolute Gasteiger partial charge is 0.481 e. The van der Waals surface area contributed by atoms with Gasteiger partial charge >= 0.3 is 6.03 Å². The van der Waals surface area contributed by atoms with Crippen LogP contribution in [0.3, 0.4) is 0 Å². The number of methoxy groups -OCH3 is 1. The van der Waals surface area contributed by atoms with Gasteiger partial charge in [0.2, 0.25) is 5.88 Å². The van der Waals surface area contributed by atoms with Crippen LogP contribution in [0.4, 0.5) is 4.79 Å². The topological polar surface area (TPSA) is 57.7 Å². The van der Waals surface area contributed by atoms with E-state index in [0.717, 1.165) is 31.6 Å². The lowest BCUT2D eigenvalue weighted by atomic mass is 9.92. The molecule has 1 aromatic heterocycles. The summed E-state index contributed by atoms with van der Waals surface area (Å²) >= 11 is 0. The molecule has 3 rings (SSSR count). The van der Waals surface area contributed by atoms with E-state index in [1.165, 1.54) is 6.42 Å². The summed E-state index contributed by atoms with van der Waals surface area (Å²) < 4.78 is 5.03. The molecule has 1 N–H and O–H groups in total. The van der Waals surface area contributed by atoms with Gasteiger partial charge in [-0.3, -0.25) is 0 Å². The van der Waals surface area contributed by atoms with Gasteiger partial charge in [0.25, 0.3) is 0 Å². The number of hydrogen-bond donors (Lipinski definition) is 1. The van der Waals surface area contributed by atoms with E-state index in [9.17, 15) is 4.79 Å². The maximum atomic E-state index is 12.5. The second-order valence-electron chi connectivity index (χ2n) is 6.23. The predicted octanol–water partition coefficient (Wildman–Crippen LogP) is 1.33. The Balaban J connectivity index is 1.55. The number of carbonyl (C=O) groups excluding carboxylic acids is 1. The van der Waals surface area contributed by atoms with Gasteiger partial charge in [0.05, 0.1) is 7.11 Å². The highest BCUT2D eigenvalue weighted by Crippen LogP contribution is 2.31. The van der Waals surface area contributed by atoms with Crippen LogP contribution in [0, 0.1) is 5.92 Å². The quantitative estimate of drug-likeness (QED) is 0.915. The number of aromatic nitrogens is 1. The number of rotatable bonds is 3. The fraction of sp³-hybridized carbons (Fsp3) is 0.625. The van der Waals surface area contributed by atoms with Crippen LogP contribution >= 0.6 is 0 Å². The molecule has 2 saturated heterocycles. The highest BCUT2D eigenvalue weighted by Gasteiger charge is 2.39. The third kappa shape index (κ3) is 3.16. The number of urea groups is 1. The molecule has 0 spiro atoms. The van der Waals surface area contributed by atoms with E-state index < -0.39 is 0 Å². The van der Waals surface area contributed by atoms with E-state index in [4.69, 9.17) is 4.74 Å². The second kappa shape index (κ2) is 6.52. The number of carbonyl (C=O) groups is 1. The Morgan fingerprint density at radius 1 is 1.41 bits per heavy atom. The number of amides is 2. The molecule has 2 atom stereocenters. The fourth-order valence-electron chi connectivity index (χ4n) is 3.47. The van der Waals surface area contributed by atoms with Crippen LogP contribution in [0.1, 0.15) is 18.4 Å². The number of nitrogens with one attached hydrogen (secondary N) is 1. The number of hydrogen-bond acceptors (Lipinski definition) is 4. The summed E-state index contributed by atoms with van der Waals surface area (Å²) in [6, 6.07) is 4.14. The average molecular weight is 304 g/mol. The van der Waals surface area contributed by atoms with Crippen LogP contribution in [0.5, 0.6) is 5.88 Å². The maximum absolute atomic E-state index is 12.5. The summed E-state index contributed by atoms with van der Waals surface area (Å²) in [4.78, 5) is 20.9. The van der Waals surface area contributed by atoms with Gasteiger partial charge in [-0.25, -0.2) is 9.78 Å². The molecule has 1 aromatic rings. The van der Waals surface area contributed by atoms with E-state index in [2.05, 4.69) is 22.2 Å². The molecule has 22 heavy (non-hydrogen) atoms. The number of nitrogens with zero attached hydrogens (tertiary/aromatic N) is 3. The first-order chi connectivity index (χ1) is 10.7. The predicted molar refractivity (Wildman–Crippen MR) is 83.7 cm³/mol. The molecule has 6 nitrogen and oxygen atoms in total. The summed E-state index contributed by atoms with van der Waals surface area (Å²) in [7, 11) is 3.72. The Bertz CT molecular complexity index is 519. The Hall–Kier alpha value is -1.82. The number of fused-ring (bicyclic) bond motifs is 1. The van der Waals surface area contributed by atoms with Crippen molar-refractivity contribution in [3.05, 3.63) is 23.9 Å². The van der Waals surface area contributed by atoms with Gasteiger partial charge in [0, 0.05) is 37.9 Å². The van der Waals surface area contributed by atoms with Gasteiger partial charge in [-0.05, 0) is 37.9 Å². The van der Waals surface area contributed by atoms with E-state index in [1.54, 1.807) is 13.3 Å². The van der Waals surface area contributed by atoms with Crippen molar-refractivity contribution in [1.29, 1.82) is 0 Å². The van der Waals surface area contributed by atoms with Crippen LogP contribution in [-0.4, -0.2) is 60.6 Å². The first kappa shape index (κ1) is 15.1. The molecule has 2 aliphatic rings. The molecule has 0 aromatic carbocycles. The summed E-state index contributed by atoms with van der Waals surface area (Å²) in [6.07, 6.45) is 4.07. The SMILES string of the molecule is COc1ccc(CNC(=O)N2CC[C@@H]3CCN(C)C[C@@H]32)cn1. The van der Waals surface area contributed by atoms with Gasteiger partial charge in [-0.1, -0.05) is 6.07 Å². The lowest BCUT2D eigenvalue weighted by Gasteiger charge is -2.36. The summed E-state index contributed by atoms with van der Waals surface area (Å²) in [5.74, 6) is 1.26. The molecular weight excluding hydrogens is 280 g/mol. The zero-order valence-electron chi connectivity index (χ0n) is 13.3. The van der Waals surface area contributed by atoms with E-state index >= 15 is 0 Å². The Morgan fingerprint density at radius 3 is 2.95 bits per heavy atom. The molecule has 3 heterocycles. The zero-order chi connectivity index (χ0) is 15.5. The van der Waals surface area contributed by atoms with E-state index in [-0.39, 0.29) is 6.03 Å². The fourth-order valence-corrected chi connectivity index (χ4v) is 3.47.